The summed E-state index contributed by atoms with van der Waals surface area (Å²) in [7, 11) is 1.74. The first kappa shape index (κ1) is 27.5. The third kappa shape index (κ3) is 6.49. The number of nitrogens with two attached hydrogens (primary N) is 1. The lowest BCUT2D eigenvalue weighted by molar-refractivity contribution is -0.0616. The van der Waals surface area contributed by atoms with E-state index < -0.39 is 5.60 Å². The van der Waals surface area contributed by atoms with Crippen LogP contribution in [-0.4, -0.2) is 60.8 Å². The molecule has 2 heterocycles. The molecule has 3 atom stereocenters. The lowest BCUT2D eigenvalue weighted by Gasteiger charge is -2.46. The first-order chi connectivity index (χ1) is 18.0. The minimum absolute atomic E-state index is 0.0802. The van der Waals surface area contributed by atoms with Crippen LogP contribution in [0.25, 0.3) is 0 Å². The van der Waals surface area contributed by atoms with E-state index in [0.29, 0.717) is 13.0 Å². The van der Waals surface area contributed by atoms with Crippen LogP contribution < -0.4 is 10.5 Å². The van der Waals surface area contributed by atoms with E-state index in [2.05, 4.69) is 41.9 Å². The third-order valence-corrected chi connectivity index (χ3v) is 8.05. The Morgan fingerprint density at radius 2 is 1.76 bits per heavy atom. The molecule has 2 aliphatic rings. The van der Waals surface area contributed by atoms with Gasteiger partial charge in [-0.2, -0.15) is 0 Å². The first-order valence-electron chi connectivity index (χ1n) is 13.9. The molecular formula is C31H45N3O3. The molecule has 3 N–H and O–H groups in total. The average Bonchev–Trinajstić information content (AvgIpc) is 3.34. The zero-order valence-corrected chi connectivity index (χ0v) is 22.9. The number of hydrogen-bond donors (Lipinski definition) is 2. The average molecular weight is 508 g/mol. The third-order valence-electron chi connectivity index (χ3n) is 8.05. The summed E-state index contributed by atoms with van der Waals surface area (Å²) < 4.78 is 11.8. The Bertz CT molecular complexity index is 1040. The molecule has 202 valence electrons. The number of nitrogens with zero attached hydrogens (tertiary/aromatic N) is 2. The van der Waals surface area contributed by atoms with Crippen molar-refractivity contribution in [1.82, 2.24) is 9.80 Å². The Balaban J connectivity index is 1.63. The van der Waals surface area contributed by atoms with Crippen molar-refractivity contribution in [1.29, 1.82) is 0 Å². The molecule has 2 aliphatic heterocycles. The van der Waals surface area contributed by atoms with Crippen molar-refractivity contribution < 1.29 is 14.6 Å². The van der Waals surface area contributed by atoms with Crippen molar-refractivity contribution in [3.63, 3.8) is 0 Å². The van der Waals surface area contributed by atoms with Crippen LogP contribution in [0.3, 0.4) is 0 Å². The van der Waals surface area contributed by atoms with Gasteiger partial charge in [-0.1, -0.05) is 36.4 Å². The van der Waals surface area contributed by atoms with E-state index in [1.165, 1.54) is 5.82 Å². The zero-order chi connectivity index (χ0) is 26.3. The summed E-state index contributed by atoms with van der Waals surface area (Å²) >= 11 is 0. The van der Waals surface area contributed by atoms with Gasteiger partial charge in [0.25, 0.3) is 0 Å². The second-order valence-electron chi connectivity index (χ2n) is 10.7. The molecule has 0 aliphatic carbocycles. The topological polar surface area (TPSA) is 71.2 Å². The number of unbranched alkanes of at least 4 members (excludes halogenated alkanes) is 1. The molecule has 0 amide bonds. The molecule has 0 aromatic heterocycles. The summed E-state index contributed by atoms with van der Waals surface area (Å²) in [5, 5.41) is 12.6. The highest BCUT2D eigenvalue weighted by Gasteiger charge is 2.43. The fourth-order valence-electron chi connectivity index (χ4n) is 6.04. The Labute approximate surface area is 223 Å². The van der Waals surface area contributed by atoms with E-state index >= 15 is 0 Å². The highest BCUT2D eigenvalue weighted by molar-refractivity contribution is 5.44. The molecule has 2 aromatic carbocycles. The van der Waals surface area contributed by atoms with Crippen molar-refractivity contribution in [3.8, 4) is 11.5 Å². The summed E-state index contributed by atoms with van der Waals surface area (Å²) in [6.45, 7) is 8.58. The molecule has 0 radical (unpaired) electrons. The number of aliphatic hydroxyl groups is 1. The summed E-state index contributed by atoms with van der Waals surface area (Å²) in [6, 6.07) is 16.3. The fourth-order valence-corrected chi connectivity index (χ4v) is 6.04. The number of benzene rings is 2. The maximum absolute atomic E-state index is 12.6. The molecule has 4 rings (SSSR count). The van der Waals surface area contributed by atoms with Gasteiger partial charge >= 0.3 is 0 Å². The van der Waals surface area contributed by atoms with E-state index in [-0.39, 0.29) is 12.0 Å². The molecule has 37 heavy (non-hydrogen) atoms. The van der Waals surface area contributed by atoms with E-state index in [4.69, 9.17) is 15.2 Å². The predicted octanol–water partition coefficient (Wildman–Crippen LogP) is 5.40. The van der Waals surface area contributed by atoms with Gasteiger partial charge in [-0.15, -0.1) is 0 Å². The number of methoxy groups -OCH3 is 1. The smallest absolute Gasteiger partial charge is 0.133 e. The quantitative estimate of drug-likeness (QED) is 0.397. The molecular weight excluding hydrogens is 462 g/mol. The zero-order valence-electron chi connectivity index (χ0n) is 22.9. The van der Waals surface area contributed by atoms with Gasteiger partial charge in [0.1, 0.15) is 11.5 Å². The van der Waals surface area contributed by atoms with Crippen LogP contribution in [0.15, 0.2) is 60.4 Å². The number of para-hydroxylation sites is 2. The van der Waals surface area contributed by atoms with Crippen LogP contribution in [0.4, 0.5) is 0 Å². The van der Waals surface area contributed by atoms with Crippen LogP contribution in [-0.2, 0) is 10.3 Å². The van der Waals surface area contributed by atoms with Crippen molar-refractivity contribution in [2.45, 2.75) is 64.0 Å². The van der Waals surface area contributed by atoms with E-state index in [0.717, 1.165) is 80.9 Å². The van der Waals surface area contributed by atoms with Crippen molar-refractivity contribution in [3.05, 3.63) is 71.6 Å². The van der Waals surface area contributed by atoms with Crippen LogP contribution in [0.1, 0.15) is 56.6 Å². The number of ether oxygens (including phenoxy) is 2. The van der Waals surface area contributed by atoms with Gasteiger partial charge in [-0.05, 0) is 76.1 Å². The Hall–Kier alpha value is -2.54. The number of piperidine rings is 1. The number of allylic oxidation sites excluding steroid dienone is 1. The molecule has 0 spiro atoms. The van der Waals surface area contributed by atoms with Gasteiger partial charge in [0.05, 0.1) is 11.4 Å². The summed E-state index contributed by atoms with van der Waals surface area (Å²) in [5.74, 6) is 2.89. The highest BCUT2D eigenvalue weighted by atomic mass is 16.5. The maximum atomic E-state index is 12.6. The standard InChI is InChI=1S/C31H45N3O3/c1-4-30(34-20-17-26(32)23-34)33-19-11-13-25(22-33)31(35,18-9-10-21-36-3)27-14-6-8-16-29(27)37-28-15-7-5-12-24(28)2/h4-8,12,14-16,25-26,35H,9-11,13,17-23,32H2,1-3H3/b30-4-/t25-,26+,31+/m1/s1. The number of aryl methyl sites for hydroxylation is 1. The summed E-state index contributed by atoms with van der Waals surface area (Å²) in [6.07, 6.45) is 7.74. The maximum Gasteiger partial charge on any atom is 0.133 e. The normalized spacial score (nSPS) is 22.2. The molecule has 2 saturated heterocycles. The fraction of sp³-hybridized carbons (Fsp3) is 0.548. The van der Waals surface area contributed by atoms with E-state index in [9.17, 15) is 5.11 Å². The number of rotatable bonds is 11. The molecule has 0 bridgehead atoms. The summed E-state index contributed by atoms with van der Waals surface area (Å²) in [5.41, 5.74) is 7.19. The Morgan fingerprint density at radius 1 is 1.03 bits per heavy atom. The first-order valence-corrected chi connectivity index (χ1v) is 13.9. The van der Waals surface area contributed by atoms with Gasteiger partial charge in [-0.3, -0.25) is 0 Å². The SMILES string of the molecule is C/C=C(\N1CC[C@H](N)C1)N1CCC[C@@H]([C@@](O)(CCCCOC)c2ccccc2Oc2ccccc2C)C1. The molecule has 2 aromatic rings. The van der Waals surface area contributed by atoms with Crippen molar-refractivity contribution in [2.24, 2.45) is 11.7 Å². The van der Waals surface area contributed by atoms with Gasteiger partial charge in [0.2, 0.25) is 0 Å². The predicted molar refractivity (Wildman–Crippen MR) is 150 cm³/mol. The minimum atomic E-state index is -1.01. The lowest BCUT2D eigenvalue weighted by atomic mass is 9.73. The lowest BCUT2D eigenvalue weighted by Crippen LogP contribution is -2.48. The second-order valence-corrected chi connectivity index (χ2v) is 10.7. The van der Waals surface area contributed by atoms with Crippen molar-refractivity contribution >= 4 is 0 Å². The molecule has 6 heteroatoms. The molecule has 2 fully saturated rings. The highest BCUT2D eigenvalue weighted by Crippen LogP contribution is 2.45. The van der Waals surface area contributed by atoms with Crippen LogP contribution in [0.5, 0.6) is 11.5 Å². The Kier molecular flexibility index (Phi) is 9.52. The molecule has 6 nitrogen and oxygen atoms in total. The van der Waals surface area contributed by atoms with Crippen molar-refractivity contribution in [2.75, 3.05) is 39.9 Å². The van der Waals surface area contributed by atoms with Gasteiger partial charge < -0.3 is 30.1 Å². The monoisotopic (exact) mass is 507 g/mol. The van der Waals surface area contributed by atoms with E-state index in [1.807, 2.05) is 36.4 Å². The Morgan fingerprint density at radius 3 is 2.46 bits per heavy atom. The van der Waals surface area contributed by atoms with Gasteiger partial charge in [0, 0.05) is 57.4 Å². The summed E-state index contributed by atoms with van der Waals surface area (Å²) in [4.78, 5) is 4.89. The number of likely N-dealkylation sites (tertiary alicyclic amines) is 2. The van der Waals surface area contributed by atoms with Crippen LogP contribution in [0, 0.1) is 12.8 Å². The molecule has 0 saturated carbocycles. The van der Waals surface area contributed by atoms with Crippen LogP contribution in [0.2, 0.25) is 0 Å². The van der Waals surface area contributed by atoms with Crippen LogP contribution >= 0.6 is 0 Å². The van der Waals surface area contributed by atoms with Gasteiger partial charge in [0.15, 0.2) is 0 Å². The molecule has 0 unspecified atom stereocenters. The number of hydrogen-bond acceptors (Lipinski definition) is 6. The largest absolute Gasteiger partial charge is 0.457 e. The van der Waals surface area contributed by atoms with E-state index in [1.54, 1.807) is 7.11 Å². The second kappa shape index (κ2) is 12.8. The minimum Gasteiger partial charge on any atom is -0.457 e. The van der Waals surface area contributed by atoms with Gasteiger partial charge in [-0.25, -0.2) is 0 Å².